The fourth-order valence-corrected chi connectivity index (χ4v) is 2.39. The first kappa shape index (κ1) is 12.2. The van der Waals surface area contributed by atoms with Crippen LogP contribution in [0.4, 0.5) is 0 Å². The average Bonchev–Trinajstić information content (AvgIpc) is 2.76. The quantitative estimate of drug-likeness (QED) is 0.817. The lowest BCUT2D eigenvalue weighted by Gasteiger charge is -2.06. The molecule has 0 radical (unpaired) electrons. The summed E-state index contributed by atoms with van der Waals surface area (Å²) >= 11 is 11.9. The Morgan fingerprint density at radius 3 is 2.53 bits per heavy atom. The van der Waals surface area contributed by atoms with E-state index < -0.39 is 0 Å². The highest BCUT2D eigenvalue weighted by atomic mass is 35.5. The Hall–Kier alpha value is -1.84. The number of rotatable bonds is 1. The van der Waals surface area contributed by atoms with Gasteiger partial charge in [-0.15, -0.1) is 0 Å². The van der Waals surface area contributed by atoms with Gasteiger partial charge in [0, 0.05) is 28.2 Å². The second kappa shape index (κ2) is 4.37. The summed E-state index contributed by atoms with van der Waals surface area (Å²) < 4.78 is 0. The van der Waals surface area contributed by atoms with Gasteiger partial charge in [-0.05, 0) is 30.4 Å². The van der Waals surface area contributed by atoms with Crippen LogP contribution in [0.15, 0.2) is 36.6 Å². The Kier molecular flexibility index (Phi) is 2.81. The van der Waals surface area contributed by atoms with Gasteiger partial charge >= 0.3 is 0 Å². The lowest BCUT2D eigenvalue weighted by Crippen LogP contribution is -2.06. The highest BCUT2D eigenvalue weighted by molar-refractivity contribution is 6.43. The van der Waals surface area contributed by atoms with Crippen LogP contribution in [0.3, 0.4) is 0 Å². The van der Waals surface area contributed by atoms with Gasteiger partial charge in [-0.1, -0.05) is 23.2 Å². The summed E-state index contributed by atoms with van der Waals surface area (Å²) in [5.74, 6) is -0.407. The lowest BCUT2D eigenvalue weighted by atomic mass is 9.96. The third-order valence-electron chi connectivity index (χ3n) is 2.96. The number of H-pyrrole nitrogens is 1. The smallest absolute Gasteiger partial charge is 0.186 e. The van der Waals surface area contributed by atoms with Crippen molar-refractivity contribution in [2.75, 3.05) is 0 Å². The third kappa shape index (κ3) is 2.01. The first-order valence-electron chi connectivity index (χ1n) is 5.51. The Labute approximate surface area is 118 Å². The molecule has 0 saturated carbocycles. The van der Waals surface area contributed by atoms with Crippen molar-refractivity contribution in [3.05, 3.63) is 52.2 Å². The number of carbonyl (C=O) groups is 2. The largest absolute Gasteiger partial charge is 0.360 e. The van der Waals surface area contributed by atoms with E-state index in [1.807, 2.05) is 0 Å². The molecule has 19 heavy (non-hydrogen) atoms. The van der Waals surface area contributed by atoms with E-state index >= 15 is 0 Å². The molecule has 0 aliphatic heterocycles. The van der Waals surface area contributed by atoms with Crippen LogP contribution in [0.5, 0.6) is 0 Å². The topological polar surface area (TPSA) is 49.9 Å². The van der Waals surface area contributed by atoms with Crippen molar-refractivity contribution in [1.29, 1.82) is 0 Å². The number of benzene rings is 1. The first-order valence-corrected chi connectivity index (χ1v) is 6.26. The monoisotopic (exact) mass is 291 g/mol. The predicted molar refractivity (Wildman–Crippen MR) is 75.4 cm³/mol. The van der Waals surface area contributed by atoms with Crippen LogP contribution in [0.2, 0.25) is 10.0 Å². The molecule has 3 nitrogen and oxygen atoms in total. The van der Waals surface area contributed by atoms with Gasteiger partial charge < -0.3 is 4.98 Å². The zero-order valence-electron chi connectivity index (χ0n) is 9.54. The Morgan fingerprint density at radius 1 is 1.00 bits per heavy atom. The standard InChI is InChI=1S/C14H7Cl2NO2/c15-11-4-8-10(6-17-13(8)5-12(11)16)9-3-7(18)1-2-14(9)19/h1-6,17H. The second-order valence-corrected chi connectivity index (χ2v) is 4.99. The second-order valence-electron chi connectivity index (χ2n) is 4.17. The van der Waals surface area contributed by atoms with Gasteiger partial charge in [0.1, 0.15) is 0 Å². The van der Waals surface area contributed by atoms with Crippen molar-refractivity contribution >= 4 is 51.2 Å². The van der Waals surface area contributed by atoms with E-state index in [-0.39, 0.29) is 11.6 Å². The molecule has 1 N–H and O–H groups in total. The molecule has 0 amide bonds. The minimum absolute atomic E-state index is 0.202. The first-order chi connectivity index (χ1) is 9.06. The summed E-state index contributed by atoms with van der Waals surface area (Å²) in [5, 5.41) is 1.60. The van der Waals surface area contributed by atoms with Crippen molar-refractivity contribution in [2.24, 2.45) is 0 Å². The molecule has 0 spiro atoms. The number of fused-ring (bicyclic) bond motifs is 1. The van der Waals surface area contributed by atoms with Gasteiger partial charge in [0.25, 0.3) is 0 Å². The summed E-state index contributed by atoms with van der Waals surface area (Å²) in [7, 11) is 0. The zero-order valence-corrected chi connectivity index (χ0v) is 11.0. The van der Waals surface area contributed by atoms with E-state index in [1.165, 1.54) is 18.2 Å². The molecule has 0 bridgehead atoms. The minimum atomic E-state index is -0.205. The van der Waals surface area contributed by atoms with E-state index in [0.29, 0.717) is 21.2 Å². The van der Waals surface area contributed by atoms with E-state index in [0.717, 1.165) is 10.9 Å². The molecule has 2 aromatic rings. The number of hydrogen-bond donors (Lipinski definition) is 1. The number of nitrogens with one attached hydrogen (secondary N) is 1. The highest BCUT2D eigenvalue weighted by Crippen LogP contribution is 2.33. The fourth-order valence-electron chi connectivity index (χ4n) is 2.06. The summed E-state index contributed by atoms with van der Waals surface area (Å²) in [4.78, 5) is 26.3. The van der Waals surface area contributed by atoms with E-state index in [1.54, 1.807) is 18.3 Å². The van der Waals surface area contributed by atoms with Crippen molar-refractivity contribution in [3.63, 3.8) is 0 Å². The van der Waals surface area contributed by atoms with Crippen LogP contribution in [-0.2, 0) is 9.59 Å². The van der Waals surface area contributed by atoms with Gasteiger partial charge in [0.15, 0.2) is 11.6 Å². The van der Waals surface area contributed by atoms with E-state index in [2.05, 4.69) is 4.98 Å². The van der Waals surface area contributed by atoms with Crippen LogP contribution < -0.4 is 0 Å². The summed E-state index contributed by atoms with van der Waals surface area (Å²) in [6, 6.07) is 3.37. The number of aromatic amines is 1. The molecule has 1 heterocycles. The Morgan fingerprint density at radius 2 is 1.74 bits per heavy atom. The molecule has 1 aromatic heterocycles. The van der Waals surface area contributed by atoms with Gasteiger partial charge in [0.05, 0.1) is 10.0 Å². The fraction of sp³-hybridized carbons (Fsp3) is 0. The van der Waals surface area contributed by atoms with Crippen molar-refractivity contribution in [1.82, 2.24) is 4.98 Å². The van der Waals surface area contributed by atoms with Crippen LogP contribution in [0.1, 0.15) is 5.56 Å². The number of hydrogen-bond acceptors (Lipinski definition) is 2. The van der Waals surface area contributed by atoms with Crippen molar-refractivity contribution < 1.29 is 9.59 Å². The molecule has 0 atom stereocenters. The Balaban J connectivity index is 2.24. The van der Waals surface area contributed by atoms with Gasteiger partial charge in [-0.2, -0.15) is 0 Å². The van der Waals surface area contributed by atoms with Crippen LogP contribution in [0.25, 0.3) is 16.5 Å². The van der Waals surface area contributed by atoms with Crippen molar-refractivity contribution in [3.8, 4) is 0 Å². The molecular formula is C14H7Cl2NO2. The molecule has 0 saturated heterocycles. The van der Waals surface area contributed by atoms with Crippen LogP contribution >= 0.6 is 23.2 Å². The van der Waals surface area contributed by atoms with Gasteiger partial charge in [0.2, 0.25) is 0 Å². The molecular weight excluding hydrogens is 285 g/mol. The molecule has 94 valence electrons. The summed E-state index contributed by atoms with van der Waals surface area (Å²) in [6.07, 6.45) is 5.53. The minimum Gasteiger partial charge on any atom is -0.360 e. The number of carbonyl (C=O) groups excluding carboxylic acids is 2. The lowest BCUT2D eigenvalue weighted by molar-refractivity contribution is -0.113. The number of ketones is 2. The SMILES string of the molecule is O=C1C=CC(=O)C(c2c[nH]c3cc(Cl)c(Cl)cc23)=C1. The van der Waals surface area contributed by atoms with E-state index in [9.17, 15) is 9.59 Å². The molecule has 1 aromatic carbocycles. The number of aromatic nitrogens is 1. The maximum absolute atomic E-state index is 11.9. The van der Waals surface area contributed by atoms with Gasteiger partial charge in [-0.25, -0.2) is 0 Å². The molecule has 1 aliphatic rings. The summed E-state index contributed by atoms with van der Waals surface area (Å²) in [6.45, 7) is 0. The number of allylic oxidation sites excluding steroid dienone is 4. The molecule has 5 heteroatoms. The average molecular weight is 292 g/mol. The van der Waals surface area contributed by atoms with Crippen LogP contribution in [-0.4, -0.2) is 16.6 Å². The molecule has 3 rings (SSSR count). The predicted octanol–water partition coefficient (Wildman–Crippen LogP) is 3.57. The molecule has 1 aliphatic carbocycles. The maximum atomic E-state index is 11.9. The summed E-state index contributed by atoms with van der Waals surface area (Å²) in [5.41, 5.74) is 1.77. The van der Waals surface area contributed by atoms with Gasteiger partial charge in [-0.3, -0.25) is 9.59 Å². The normalized spacial score (nSPS) is 15.2. The molecule has 0 unspecified atom stereocenters. The molecule has 0 fully saturated rings. The third-order valence-corrected chi connectivity index (χ3v) is 3.69. The number of halogens is 2. The zero-order chi connectivity index (χ0) is 13.6. The van der Waals surface area contributed by atoms with E-state index in [4.69, 9.17) is 23.2 Å². The maximum Gasteiger partial charge on any atom is 0.186 e. The highest BCUT2D eigenvalue weighted by Gasteiger charge is 2.19. The van der Waals surface area contributed by atoms with Crippen molar-refractivity contribution in [2.45, 2.75) is 0 Å². The Bertz CT molecular complexity index is 784. The van der Waals surface area contributed by atoms with Crippen LogP contribution in [0, 0.1) is 0 Å².